The molecular weight excluding hydrogens is 316 g/mol. The molecule has 2 heterocycles. The van der Waals surface area contributed by atoms with E-state index in [0.29, 0.717) is 25.7 Å². The number of halogens is 1. The smallest absolute Gasteiger partial charge is 0.317 e. The molecule has 2 amide bonds. The summed E-state index contributed by atoms with van der Waals surface area (Å²) < 4.78 is 11.5. The number of carbonyl (C=O) groups is 1. The number of urea groups is 1. The van der Waals surface area contributed by atoms with Crippen molar-refractivity contribution in [3.8, 4) is 0 Å². The molecule has 124 valence electrons. The molecule has 3 fully saturated rings. The molecule has 1 spiro atoms. The minimum atomic E-state index is -0.561. The van der Waals surface area contributed by atoms with E-state index in [2.05, 4.69) is 5.32 Å². The van der Waals surface area contributed by atoms with Gasteiger partial charge in [-0.15, -0.1) is 0 Å². The Morgan fingerprint density at radius 2 is 2.00 bits per heavy atom. The second kappa shape index (κ2) is 5.96. The maximum Gasteiger partial charge on any atom is 0.317 e. The number of nitrogens with one attached hydrogen (secondary N) is 1. The van der Waals surface area contributed by atoms with E-state index in [-0.39, 0.29) is 12.1 Å². The third-order valence-corrected chi connectivity index (χ3v) is 5.17. The lowest BCUT2D eigenvalue weighted by Crippen LogP contribution is -2.54. The second-order valence-corrected chi connectivity index (χ2v) is 7.02. The maximum absolute atomic E-state index is 12.5. The number of hydrogen-bond donors (Lipinski definition) is 1. The van der Waals surface area contributed by atoms with E-state index >= 15 is 0 Å². The molecule has 6 heteroatoms. The van der Waals surface area contributed by atoms with Crippen molar-refractivity contribution >= 4 is 17.6 Å². The van der Waals surface area contributed by atoms with Gasteiger partial charge in [0.1, 0.15) is 0 Å². The number of nitrogens with zero attached hydrogens (tertiary/aromatic N) is 1. The van der Waals surface area contributed by atoms with Gasteiger partial charge in [0.05, 0.1) is 19.8 Å². The SMILES string of the molecule is O=C(NC1CC1c1ccc(Cl)cc1)N1CCCC2(C1)OCCO2. The fraction of sp³-hybridized carbons (Fsp3) is 0.588. The van der Waals surface area contributed by atoms with Gasteiger partial charge in [0.15, 0.2) is 5.79 Å². The molecule has 1 aromatic rings. The molecule has 2 saturated heterocycles. The van der Waals surface area contributed by atoms with Gasteiger partial charge in [-0.25, -0.2) is 4.79 Å². The molecular formula is C17H21ClN2O3. The molecule has 2 atom stereocenters. The predicted molar refractivity (Wildman–Crippen MR) is 86.6 cm³/mol. The monoisotopic (exact) mass is 336 g/mol. The molecule has 5 nitrogen and oxygen atoms in total. The van der Waals surface area contributed by atoms with Gasteiger partial charge in [-0.2, -0.15) is 0 Å². The number of rotatable bonds is 2. The van der Waals surface area contributed by atoms with Gasteiger partial charge in [0.2, 0.25) is 0 Å². The van der Waals surface area contributed by atoms with E-state index in [1.807, 2.05) is 29.2 Å². The van der Waals surface area contributed by atoms with Crippen LogP contribution in [0.4, 0.5) is 4.79 Å². The molecule has 1 aromatic carbocycles. The van der Waals surface area contributed by atoms with Gasteiger partial charge in [-0.05, 0) is 30.5 Å². The Hall–Kier alpha value is -1.30. The van der Waals surface area contributed by atoms with Crippen LogP contribution in [-0.4, -0.2) is 49.1 Å². The Morgan fingerprint density at radius 3 is 2.74 bits per heavy atom. The lowest BCUT2D eigenvalue weighted by atomic mass is 10.1. The van der Waals surface area contributed by atoms with E-state index in [9.17, 15) is 4.79 Å². The summed E-state index contributed by atoms with van der Waals surface area (Å²) in [5, 5.41) is 3.88. The lowest BCUT2D eigenvalue weighted by molar-refractivity contribution is -0.182. The minimum absolute atomic E-state index is 0.00959. The fourth-order valence-corrected chi connectivity index (χ4v) is 3.70. The molecule has 1 aliphatic carbocycles. The molecule has 1 N–H and O–H groups in total. The van der Waals surface area contributed by atoms with Crippen molar-refractivity contribution < 1.29 is 14.3 Å². The minimum Gasteiger partial charge on any atom is -0.346 e. The highest BCUT2D eigenvalue weighted by Gasteiger charge is 2.44. The maximum atomic E-state index is 12.5. The van der Waals surface area contributed by atoms with Crippen molar-refractivity contribution in [2.45, 2.75) is 37.0 Å². The first-order valence-corrected chi connectivity index (χ1v) is 8.62. The first-order chi connectivity index (χ1) is 11.2. The molecule has 23 heavy (non-hydrogen) atoms. The molecule has 3 aliphatic rings. The number of benzene rings is 1. The third-order valence-electron chi connectivity index (χ3n) is 4.92. The van der Waals surface area contributed by atoms with E-state index in [0.717, 1.165) is 30.8 Å². The van der Waals surface area contributed by atoms with Crippen LogP contribution in [0, 0.1) is 0 Å². The molecule has 0 radical (unpaired) electrons. The Balaban J connectivity index is 1.33. The van der Waals surface area contributed by atoms with Crippen molar-refractivity contribution in [3.63, 3.8) is 0 Å². The van der Waals surface area contributed by atoms with Crippen molar-refractivity contribution in [3.05, 3.63) is 34.9 Å². The van der Waals surface area contributed by atoms with Gasteiger partial charge in [-0.1, -0.05) is 23.7 Å². The Kier molecular flexibility index (Phi) is 3.95. The summed E-state index contributed by atoms with van der Waals surface area (Å²) in [5.41, 5.74) is 1.23. The topological polar surface area (TPSA) is 50.8 Å². The third kappa shape index (κ3) is 3.18. The standard InChI is InChI=1S/C17H21ClN2O3/c18-13-4-2-12(3-5-13)14-10-15(14)19-16(21)20-7-1-6-17(11-20)22-8-9-23-17/h2-5,14-15H,1,6-11H2,(H,19,21). The van der Waals surface area contributed by atoms with Crippen LogP contribution in [0.2, 0.25) is 5.02 Å². The highest BCUT2D eigenvalue weighted by atomic mass is 35.5. The predicted octanol–water partition coefficient (Wildman–Crippen LogP) is 2.74. The van der Waals surface area contributed by atoms with Crippen molar-refractivity contribution in [2.24, 2.45) is 0 Å². The lowest BCUT2D eigenvalue weighted by Gasteiger charge is -2.38. The molecule has 4 rings (SSSR count). The zero-order chi connectivity index (χ0) is 15.9. The van der Waals surface area contributed by atoms with Crippen molar-refractivity contribution in [1.29, 1.82) is 0 Å². The summed E-state index contributed by atoms with van der Waals surface area (Å²) in [6, 6.07) is 8.08. The summed E-state index contributed by atoms with van der Waals surface area (Å²) in [4.78, 5) is 14.3. The quantitative estimate of drug-likeness (QED) is 0.903. The molecule has 1 saturated carbocycles. The normalized spacial score (nSPS) is 28.8. The summed E-state index contributed by atoms with van der Waals surface area (Å²) >= 11 is 5.92. The van der Waals surface area contributed by atoms with Gasteiger partial charge in [-0.3, -0.25) is 0 Å². The van der Waals surface area contributed by atoms with Crippen LogP contribution in [0.25, 0.3) is 0 Å². The fourth-order valence-electron chi connectivity index (χ4n) is 3.58. The number of ether oxygens (including phenoxy) is 2. The van der Waals surface area contributed by atoms with Crippen LogP contribution >= 0.6 is 11.6 Å². The zero-order valence-electron chi connectivity index (χ0n) is 13.0. The van der Waals surface area contributed by atoms with Crippen LogP contribution in [0.5, 0.6) is 0 Å². The number of piperidine rings is 1. The Labute approximate surface area is 140 Å². The van der Waals surface area contributed by atoms with Crippen molar-refractivity contribution in [2.75, 3.05) is 26.3 Å². The first-order valence-electron chi connectivity index (χ1n) is 8.24. The summed E-state index contributed by atoms with van der Waals surface area (Å²) in [6.45, 7) is 2.53. The van der Waals surface area contributed by atoms with Crippen LogP contribution in [0.3, 0.4) is 0 Å². The van der Waals surface area contributed by atoms with Gasteiger partial charge < -0.3 is 19.7 Å². The molecule has 0 bridgehead atoms. The average Bonchev–Trinajstić information content (AvgIpc) is 3.18. The zero-order valence-corrected chi connectivity index (χ0v) is 13.7. The number of amides is 2. The van der Waals surface area contributed by atoms with Crippen LogP contribution in [0.1, 0.15) is 30.7 Å². The van der Waals surface area contributed by atoms with Gasteiger partial charge in [0, 0.05) is 29.9 Å². The summed E-state index contributed by atoms with van der Waals surface area (Å²) in [6.07, 6.45) is 2.77. The average molecular weight is 337 g/mol. The highest BCUT2D eigenvalue weighted by molar-refractivity contribution is 6.30. The van der Waals surface area contributed by atoms with Crippen LogP contribution in [0.15, 0.2) is 24.3 Å². The van der Waals surface area contributed by atoms with Crippen molar-refractivity contribution in [1.82, 2.24) is 10.2 Å². The van der Waals surface area contributed by atoms with E-state index in [4.69, 9.17) is 21.1 Å². The second-order valence-electron chi connectivity index (χ2n) is 6.58. The molecule has 0 aromatic heterocycles. The van der Waals surface area contributed by atoms with Crippen LogP contribution < -0.4 is 5.32 Å². The molecule has 2 unspecified atom stereocenters. The van der Waals surface area contributed by atoms with Gasteiger partial charge in [0.25, 0.3) is 0 Å². The molecule has 2 aliphatic heterocycles. The van der Waals surface area contributed by atoms with Gasteiger partial charge >= 0.3 is 6.03 Å². The largest absolute Gasteiger partial charge is 0.346 e. The number of hydrogen-bond acceptors (Lipinski definition) is 3. The van der Waals surface area contributed by atoms with Crippen LogP contribution in [-0.2, 0) is 9.47 Å². The first kappa shape index (κ1) is 15.2. The van der Waals surface area contributed by atoms with E-state index in [1.165, 1.54) is 5.56 Å². The Morgan fingerprint density at radius 1 is 1.26 bits per heavy atom. The van der Waals surface area contributed by atoms with E-state index < -0.39 is 5.79 Å². The van der Waals surface area contributed by atoms with E-state index in [1.54, 1.807) is 0 Å². The Bertz CT molecular complexity index is 586. The summed E-state index contributed by atoms with van der Waals surface area (Å²) in [7, 11) is 0. The number of carbonyl (C=O) groups excluding carboxylic acids is 1. The summed E-state index contributed by atoms with van der Waals surface area (Å²) in [5.74, 6) is -0.164. The highest BCUT2D eigenvalue weighted by Crippen LogP contribution is 2.41. The number of likely N-dealkylation sites (tertiary alicyclic amines) is 1.